The van der Waals surface area contributed by atoms with Crippen molar-refractivity contribution in [3.8, 4) is 11.3 Å². The van der Waals surface area contributed by atoms with Crippen molar-refractivity contribution in [2.45, 2.75) is 26.8 Å². The van der Waals surface area contributed by atoms with Crippen molar-refractivity contribution in [1.29, 1.82) is 0 Å². The summed E-state index contributed by atoms with van der Waals surface area (Å²) in [4.78, 5) is 5.51. The highest BCUT2D eigenvalue weighted by Gasteiger charge is 2.10. The second-order valence-corrected chi connectivity index (χ2v) is 6.88. The molecule has 3 nitrogen and oxygen atoms in total. The molecule has 0 fully saturated rings. The van der Waals surface area contributed by atoms with Crippen molar-refractivity contribution >= 4 is 17.0 Å². The molecule has 0 spiro atoms. The molecule has 3 aromatic rings. The predicted octanol–water partition coefficient (Wildman–Crippen LogP) is 4.59. The van der Waals surface area contributed by atoms with Crippen molar-refractivity contribution in [2.75, 3.05) is 6.61 Å². The number of nitrogens with zero attached hydrogens (tertiary/aromatic N) is 2. The van der Waals surface area contributed by atoms with Crippen molar-refractivity contribution in [1.82, 2.24) is 4.57 Å². The maximum atomic E-state index is 13.1. The maximum Gasteiger partial charge on any atom is 0.190 e. The van der Waals surface area contributed by atoms with Crippen molar-refractivity contribution < 1.29 is 9.50 Å². The summed E-state index contributed by atoms with van der Waals surface area (Å²) in [5, 5.41) is 11.4. The van der Waals surface area contributed by atoms with Crippen LogP contribution in [0.4, 0.5) is 10.1 Å². The summed E-state index contributed by atoms with van der Waals surface area (Å²) in [7, 11) is 0. The number of aliphatic hydroxyl groups is 1. The molecule has 2 aromatic carbocycles. The van der Waals surface area contributed by atoms with E-state index in [1.54, 1.807) is 23.5 Å². The van der Waals surface area contributed by atoms with E-state index in [1.165, 1.54) is 28.8 Å². The Morgan fingerprint density at radius 2 is 1.88 bits per heavy atom. The zero-order valence-corrected chi connectivity index (χ0v) is 15.2. The first kappa shape index (κ1) is 17.6. The summed E-state index contributed by atoms with van der Waals surface area (Å²) in [6, 6.07) is 12.6. The lowest BCUT2D eigenvalue weighted by molar-refractivity contribution is 0.279. The standard InChI is InChI=1S/C20H21FN2OS/c1-14-4-5-15(2)18(12-14)19-13-25-20(23(19)10-3-11-24)22-17-8-6-16(21)7-9-17/h4-9,12-13,24H,3,10-11H2,1-2H3. The number of thiazole rings is 1. The summed E-state index contributed by atoms with van der Waals surface area (Å²) in [5.74, 6) is -0.269. The van der Waals surface area contributed by atoms with Gasteiger partial charge >= 0.3 is 0 Å². The summed E-state index contributed by atoms with van der Waals surface area (Å²) in [5.41, 5.74) is 5.40. The average Bonchev–Trinajstić information content (AvgIpc) is 2.99. The number of aryl methyl sites for hydroxylation is 2. The predicted molar refractivity (Wildman–Crippen MR) is 101 cm³/mol. The Balaban J connectivity index is 2.12. The van der Waals surface area contributed by atoms with E-state index in [-0.39, 0.29) is 12.4 Å². The fourth-order valence-corrected chi connectivity index (χ4v) is 3.66. The molecule has 0 atom stereocenters. The van der Waals surface area contributed by atoms with E-state index in [9.17, 15) is 9.50 Å². The van der Waals surface area contributed by atoms with Gasteiger partial charge in [0.1, 0.15) is 5.82 Å². The number of benzene rings is 2. The average molecular weight is 356 g/mol. The molecule has 0 radical (unpaired) electrons. The highest BCUT2D eigenvalue weighted by Crippen LogP contribution is 2.26. The lowest BCUT2D eigenvalue weighted by atomic mass is 10.0. The van der Waals surface area contributed by atoms with Gasteiger partial charge in [0, 0.05) is 24.1 Å². The third-order valence-corrected chi connectivity index (χ3v) is 4.92. The van der Waals surface area contributed by atoms with E-state index < -0.39 is 0 Å². The lowest BCUT2D eigenvalue weighted by Crippen LogP contribution is -2.17. The molecule has 0 saturated heterocycles. The lowest BCUT2D eigenvalue weighted by Gasteiger charge is -2.11. The van der Waals surface area contributed by atoms with Crippen LogP contribution in [0.15, 0.2) is 52.8 Å². The molecule has 0 amide bonds. The molecule has 0 aliphatic rings. The van der Waals surface area contributed by atoms with E-state index in [2.05, 4.69) is 47.0 Å². The first-order valence-electron chi connectivity index (χ1n) is 8.25. The summed E-state index contributed by atoms with van der Waals surface area (Å²) in [6.45, 7) is 4.99. The molecule has 0 aliphatic carbocycles. The van der Waals surface area contributed by atoms with Gasteiger partial charge in [-0.2, -0.15) is 0 Å². The van der Waals surface area contributed by atoms with Crippen molar-refractivity contribution in [2.24, 2.45) is 4.99 Å². The molecule has 5 heteroatoms. The van der Waals surface area contributed by atoms with Crippen LogP contribution in [-0.2, 0) is 6.54 Å². The highest BCUT2D eigenvalue weighted by molar-refractivity contribution is 7.07. The molecule has 0 unspecified atom stereocenters. The van der Waals surface area contributed by atoms with E-state index in [4.69, 9.17) is 0 Å². The molecule has 25 heavy (non-hydrogen) atoms. The summed E-state index contributed by atoms with van der Waals surface area (Å²) >= 11 is 1.56. The van der Waals surface area contributed by atoms with Crippen LogP contribution in [0.2, 0.25) is 0 Å². The zero-order valence-electron chi connectivity index (χ0n) is 14.4. The molecule has 0 bridgehead atoms. The Morgan fingerprint density at radius 3 is 2.60 bits per heavy atom. The second kappa shape index (κ2) is 7.76. The molecule has 1 aromatic heterocycles. The minimum atomic E-state index is -0.269. The van der Waals surface area contributed by atoms with Crippen LogP contribution >= 0.6 is 11.3 Å². The first-order chi connectivity index (χ1) is 12.1. The largest absolute Gasteiger partial charge is 0.396 e. The van der Waals surface area contributed by atoms with Crippen LogP contribution in [0.25, 0.3) is 11.3 Å². The van der Waals surface area contributed by atoms with E-state index in [0.29, 0.717) is 18.7 Å². The molecule has 0 saturated carbocycles. The summed E-state index contributed by atoms with van der Waals surface area (Å²) < 4.78 is 15.2. The van der Waals surface area contributed by atoms with Gasteiger partial charge in [-0.05, 0) is 56.2 Å². The van der Waals surface area contributed by atoms with Gasteiger partial charge in [0.05, 0.1) is 11.4 Å². The van der Waals surface area contributed by atoms with Crippen LogP contribution in [-0.4, -0.2) is 16.3 Å². The number of hydrogen-bond acceptors (Lipinski definition) is 3. The van der Waals surface area contributed by atoms with Gasteiger partial charge < -0.3 is 9.67 Å². The molecule has 130 valence electrons. The number of halogens is 1. The third-order valence-electron chi connectivity index (χ3n) is 4.06. The Labute approximate surface area is 150 Å². The van der Waals surface area contributed by atoms with E-state index >= 15 is 0 Å². The van der Waals surface area contributed by atoms with Gasteiger partial charge in [-0.1, -0.05) is 17.7 Å². The molecule has 3 rings (SSSR count). The monoisotopic (exact) mass is 356 g/mol. The molecule has 1 heterocycles. The fraction of sp³-hybridized carbons (Fsp3) is 0.250. The van der Waals surface area contributed by atoms with Gasteiger partial charge in [-0.25, -0.2) is 9.38 Å². The Morgan fingerprint density at radius 1 is 1.12 bits per heavy atom. The molecular formula is C20H21FN2OS. The highest BCUT2D eigenvalue weighted by atomic mass is 32.1. The van der Waals surface area contributed by atoms with Crippen LogP contribution in [0.5, 0.6) is 0 Å². The molecule has 1 N–H and O–H groups in total. The van der Waals surface area contributed by atoms with Gasteiger partial charge in [-0.3, -0.25) is 0 Å². The topological polar surface area (TPSA) is 37.5 Å². The second-order valence-electron chi connectivity index (χ2n) is 6.04. The van der Waals surface area contributed by atoms with E-state index in [0.717, 1.165) is 10.5 Å². The van der Waals surface area contributed by atoms with Crippen LogP contribution < -0.4 is 4.80 Å². The Hall–Kier alpha value is -2.24. The number of rotatable bonds is 5. The minimum absolute atomic E-state index is 0.130. The molecule has 0 aliphatic heterocycles. The van der Waals surface area contributed by atoms with Crippen molar-refractivity contribution in [3.63, 3.8) is 0 Å². The third kappa shape index (κ3) is 4.06. The number of aromatic nitrogens is 1. The van der Waals surface area contributed by atoms with Crippen molar-refractivity contribution in [3.05, 3.63) is 69.6 Å². The van der Waals surface area contributed by atoms with Gasteiger partial charge in [0.2, 0.25) is 0 Å². The minimum Gasteiger partial charge on any atom is -0.396 e. The van der Waals surface area contributed by atoms with Gasteiger partial charge in [0.25, 0.3) is 0 Å². The van der Waals surface area contributed by atoms with Gasteiger partial charge in [-0.15, -0.1) is 11.3 Å². The zero-order chi connectivity index (χ0) is 17.8. The first-order valence-corrected chi connectivity index (χ1v) is 9.13. The maximum absolute atomic E-state index is 13.1. The SMILES string of the molecule is Cc1ccc(C)c(-c2csc(=Nc3ccc(F)cc3)n2CCCO)c1. The van der Waals surface area contributed by atoms with Crippen LogP contribution in [0.3, 0.4) is 0 Å². The number of aliphatic hydroxyl groups excluding tert-OH is 1. The number of hydrogen-bond donors (Lipinski definition) is 1. The molecular weight excluding hydrogens is 335 g/mol. The Bertz CT molecular complexity index is 926. The van der Waals surface area contributed by atoms with Gasteiger partial charge in [0.15, 0.2) is 4.80 Å². The Kier molecular flexibility index (Phi) is 5.46. The normalized spacial score (nSPS) is 11.9. The van der Waals surface area contributed by atoms with E-state index in [1.807, 2.05) is 0 Å². The fourth-order valence-electron chi connectivity index (χ4n) is 2.72. The summed E-state index contributed by atoms with van der Waals surface area (Å²) in [6.07, 6.45) is 0.658. The van der Waals surface area contributed by atoms with Crippen LogP contribution in [0.1, 0.15) is 17.5 Å². The van der Waals surface area contributed by atoms with Crippen LogP contribution in [0, 0.1) is 19.7 Å². The smallest absolute Gasteiger partial charge is 0.190 e. The quantitative estimate of drug-likeness (QED) is 0.713.